The van der Waals surface area contributed by atoms with Gasteiger partial charge in [0.05, 0.1) is 6.04 Å². The van der Waals surface area contributed by atoms with Gasteiger partial charge < -0.3 is 5.43 Å². The van der Waals surface area contributed by atoms with E-state index in [-0.39, 0.29) is 0 Å². The van der Waals surface area contributed by atoms with Crippen LogP contribution in [0.15, 0.2) is 5.10 Å². The highest BCUT2D eigenvalue weighted by molar-refractivity contribution is 5.63. The molecule has 0 radical (unpaired) electrons. The zero-order valence-corrected chi connectivity index (χ0v) is 7.09. The van der Waals surface area contributed by atoms with E-state index in [1.807, 2.05) is 0 Å². The minimum atomic E-state index is 0.660. The molecule has 0 saturated heterocycles. The lowest BCUT2D eigenvalue weighted by atomic mass is 9.95. The maximum absolute atomic E-state index is 4.13. The Bertz CT molecular complexity index is 165. The Morgan fingerprint density at radius 2 is 2.36 bits per heavy atom. The molecule has 2 nitrogen and oxygen atoms in total. The predicted molar refractivity (Wildman–Crippen MR) is 46.5 cm³/mol. The van der Waals surface area contributed by atoms with Crippen molar-refractivity contribution in [3.63, 3.8) is 0 Å². The molecule has 0 aromatic carbocycles. The summed E-state index contributed by atoms with van der Waals surface area (Å²) in [5.74, 6) is 1.62. The van der Waals surface area contributed by atoms with Crippen LogP contribution in [-0.4, -0.2) is 12.3 Å². The molecule has 2 rings (SSSR count). The van der Waals surface area contributed by atoms with Crippen LogP contribution in [0.5, 0.6) is 0 Å². The van der Waals surface area contributed by atoms with Crippen molar-refractivity contribution in [1.29, 1.82) is 0 Å². The molecule has 1 saturated carbocycles. The van der Waals surface area contributed by atoms with Crippen molar-refractivity contribution >= 4 is 6.21 Å². The zero-order chi connectivity index (χ0) is 7.68. The molecule has 0 aromatic heterocycles. The van der Waals surface area contributed by atoms with Crippen molar-refractivity contribution in [2.24, 2.45) is 16.9 Å². The van der Waals surface area contributed by atoms with Gasteiger partial charge >= 0.3 is 0 Å². The van der Waals surface area contributed by atoms with Crippen molar-refractivity contribution in [3.8, 4) is 0 Å². The van der Waals surface area contributed by atoms with Crippen molar-refractivity contribution in [3.05, 3.63) is 0 Å². The van der Waals surface area contributed by atoms with Crippen LogP contribution in [0.3, 0.4) is 0 Å². The maximum Gasteiger partial charge on any atom is 0.0520 e. The van der Waals surface area contributed by atoms with Gasteiger partial charge in [-0.2, -0.15) is 5.10 Å². The molecular weight excluding hydrogens is 136 g/mol. The number of fused-ring (bicyclic) bond motifs is 1. The van der Waals surface area contributed by atoms with Gasteiger partial charge in [-0.15, -0.1) is 0 Å². The summed E-state index contributed by atoms with van der Waals surface area (Å²) >= 11 is 0. The van der Waals surface area contributed by atoms with E-state index >= 15 is 0 Å². The fraction of sp³-hybridized carbons (Fsp3) is 0.889. The molecule has 1 aliphatic carbocycles. The van der Waals surface area contributed by atoms with Gasteiger partial charge in [0.25, 0.3) is 0 Å². The number of nitrogens with zero attached hydrogens (tertiary/aromatic N) is 1. The Labute approximate surface area is 68.1 Å². The van der Waals surface area contributed by atoms with Crippen LogP contribution < -0.4 is 5.43 Å². The van der Waals surface area contributed by atoms with Gasteiger partial charge in [-0.25, -0.2) is 0 Å². The molecule has 0 spiro atoms. The molecular formula is C9H16N2. The van der Waals surface area contributed by atoms with Crippen LogP contribution >= 0.6 is 0 Å². The second-order valence-electron chi connectivity index (χ2n) is 3.95. The summed E-state index contributed by atoms with van der Waals surface area (Å²) in [6, 6.07) is 0.660. The molecule has 0 amide bonds. The molecule has 3 unspecified atom stereocenters. The third kappa shape index (κ3) is 1.39. The van der Waals surface area contributed by atoms with Gasteiger partial charge in [-0.05, 0) is 18.8 Å². The van der Waals surface area contributed by atoms with Crippen LogP contribution in [0.1, 0.15) is 32.6 Å². The summed E-state index contributed by atoms with van der Waals surface area (Å²) in [6.45, 7) is 2.35. The topological polar surface area (TPSA) is 24.4 Å². The number of hydrogen-bond acceptors (Lipinski definition) is 2. The Balaban J connectivity index is 2.01. The van der Waals surface area contributed by atoms with E-state index in [2.05, 4.69) is 23.7 Å². The van der Waals surface area contributed by atoms with Gasteiger partial charge in [0, 0.05) is 12.1 Å². The Hall–Kier alpha value is -0.530. The highest BCUT2D eigenvalue weighted by Crippen LogP contribution is 2.28. The maximum atomic E-state index is 4.13. The highest BCUT2D eigenvalue weighted by atomic mass is 15.3. The summed E-state index contributed by atoms with van der Waals surface area (Å²) in [5, 5.41) is 4.13. The van der Waals surface area contributed by atoms with Gasteiger partial charge in [0.1, 0.15) is 0 Å². The molecule has 0 aromatic rings. The van der Waals surface area contributed by atoms with Crippen LogP contribution in [-0.2, 0) is 0 Å². The highest BCUT2D eigenvalue weighted by Gasteiger charge is 2.27. The first kappa shape index (κ1) is 7.14. The lowest BCUT2D eigenvalue weighted by Crippen LogP contribution is -2.27. The van der Waals surface area contributed by atoms with Crippen LogP contribution in [0.2, 0.25) is 0 Å². The molecule has 2 heteroatoms. The third-order valence-electron chi connectivity index (χ3n) is 2.91. The molecule has 1 fully saturated rings. The molecule has 1 N–H and O–H groups in total. The molecule has 2 aliphatic rings. The average molecular weight is 152 g/mol. The number of nitrogens with one attached hydrogen (secondary N) is 1. The van der Waals surface area contributed by atoms with E-state index in [9.17, 15) is 0 Å². The van der Waals surface area contributed by atoms with Gasteiger partial charge in [0.15, 0.2) is 0 Å². The van der Waals surface area contributed by atoms with Crippen LogP contribution in [0.4, 0.5) is 0 Å². The van der Waals surface area contributed by atoms with E-state index in [0.29, 0.717) is 6.04 Å². The first-order valence-electron chi connectivity index (χ1n) is 4.65. The second-order valence-corrected chi connectivity index (χ2v) is 3.95. The number of rotatable bonds is 0. The van der Waals surface area contributed by atoms with Crippen LogP contribution in [0, 0.1) is 11.8 Å². The number of hydrogen-bond donors (Lipinski definition) is 1. The van der Waals surface area contributed by atoms with E-state index < -0.39 is 0 Å². The minimum Gasteiger partial charge on any atom is -0.307 e. The van der Waals surface area contributed by atoms with Crippen LogP contribution in [0.25, 0.3) is 0 Å². The summed E-state index contributed by atoms with van der Waals surface area (Å²) in [6.07, 6.45) is 7.54. The van der Waals surface area contributed by atoms with E-state index in [4.69, 9.17) is 0 Å². The minimum absolute atomic E-state index is 0.660. The van der Waals surface area contributed by atoms with E-state index in [0.717, 1.165) is 11.8 Å². The predicted octanol–water partition coefficient (Wildman–Crippen LogP) is 1.77. The van der Waals surface area contributed by atoms with Crippen molar-refractivity contribution in [2.45, 2.75) is 38.6 Å². The summed E-state index contributed by atoms with van der Waals surface area (Å²) in [5.41, 5.74) is 3.20. The smallest absolute Gasteiger partial charge is 0.0520 e. The monoisotopic (exact) mass is 152 g/mol. The largest absolute Gasteiger partial charge is 0.307 e. The first-order valence-corrected chi connectivity index (χ1v) is 4.65. The molecule has 11 heavy (non-hydrogen) atoms. The lowest BCUT2D eigenvalue weighted by Gasteiger charge is -2.15. The van der Waals surface area contributed by atoms with Crippen molar-refractivity contribution < 1.29 is 0 Å². The Kier molecular flexibility index (Phi) is 1.84. The van der Waals surface area contributed by atoms with E-state index in [1.54, 1.807) is 0 Å². The summed E-state index contributed by atoms with van der Waals surface area (Å²) < 4.78 is 0. The molecule has 1 heterocycles. The average Bonchev–Trinajstić information content (AvgIpc) is 2.31. The lowest BCUT2D eigenvalue weighted by molar-refractivity contribution is 0.406. The Morgan fingerprint density at radius 1 is 1.45 bits per heavy atom. The first-order chi connectivity index (χ1) is 5.36. The van der Waals surface area contributed by atoms with E-state index in [1.165, 1.54) is 25.7 Å². The second kappa shape index (κ2) is 2.84. The van der Waals surface area contributed by atoms with Crippen molar-refractivity contribution in [2.75, 3.05) is 0 Å². The molecule has 1 aliphatic heterocycles. The fourth-order valence-corrected chi connectivity index (χ4v) is 2.19. The fourth-order valence-electron chi connectivity index (χ4n) is 2.19. The summed E-state index contributed by atoms with van der Waals surface area (Å²) in [4.78, 5) is 0. The van der Waals surface area contributed by atoms with Gasteiger partial charge in [-0.3, -0.25) is 0 Å². The summed E-state index contributed by atoms with van der Waals surface area (Å²) in [7, 11) is 0. The molecule has 62 valence electrons. The normalized spacial score (nSPS) is 42.8. The molecule has 3 atom stereocenters. The number of hydrazone groups is 1. The Morgan fingerprint density at radius 3 is 3.27 bits per heavy atom. The third-order valence-corrected chi connectivity index (χ3v) is 2.91. The zero-order valence-electron chi connectivity index (χ0n) is 7.09. The van der Waals surface area contributed by atoms with Gasteiger partial charge in [-0.1, -0.05) is 19.8 Å². The molecule has 0 bridgehead atoms. The quantitative estimate of drug-likeness (QED) is 0.562. The van der Waals surface area contributed by atoms with Gasteiger partial charge in [0.2, 0.25) is 0 Å². The SMILES string of the molecule is CC1CCCC2C=NNC2C1. The van der Waals surface area contributed by atoms with Crippen molar-refractivity contribution in [1.82, 2.24) is 5.43 Å². The standard InChI is InChI=1S/C9H16N2/c1-7-3-2-4-8-6-10-11-9(8)5-7/h6-9,11H,2-5H2,1H3.